The highest BCUT2D eigenvalue weighted by molar-refractivity contribution is 6.33. The summed E-state index contributed by atoms with van der Waals surface area (Å²) >= 11 is 6.13. The molecule has 1 saturated carbocycles. The number of anilines is 1. The van der Waals surface area contributed by atoms with Gasteiger partial charge in [-0.05, 0) is 37.5 Å². The molecule has 0 atom stereocenters. The molecule has 26 heavy (non-hydrogen) atoms. The zero-order valence-corrected chi connectivity index (χ0v) is 15.8. The van der Waals surface area contributed by atoms with E-state index >= 15 is 0 Å². The van der Waals surface area contributed by atoms with Gasteiger partial charge in [0.2, 0.25) is 5.91 Å². The van der Waals surface area contributed by atoms with Crippen LogP contribution in [0, 0.1) is 12.8 Å². The number of aryl methyl sites for hydroxylation is 2. The summed E-state index contributed by atoms with van der Waals surface area (Å²) in [5, 5.41) is 10.3. The van der Waals surface area contributed by atoms with Crippen molar-refractivity contribution in [1.82, 2.24) is 15.1 Å². The smallest absolute Gasteiger partial charge is 0.256 e. The van der Waals surface area contributed by atoms with E-state index in [1.807, 2.05) is 24.3 Å². The van der Waals surface area contributed by atoms with E-state index < -0.39 is 0 Å². The molecule has 2 N–H and O–H groups in total. The SMILES string of the molecule is Cc1nn(C)c(Cl)c1C(=O)NCc1cccc(NC(=O)C2CCCC2)c1. The van der Waals surface area contributed by atoms with Crippen LogP contribution in [-0.4, -0.2) is 21.6 Å². The molecule has 0 radical (unpaired) electrons. The van der Waals surface area contributed by atoms with Crippen LogP contribution in [0.2, 0.25) is 5.15 Å². The van der Waals surface area contributed by atoms with Crippen LogP contribution in [0.1, 0.15) is 47.3 Å². The highest BCUT2D eigenvalue weighted by atomic mass is 35.5. The van der Waals surface area contributed by atoms with Gasteiger partial charge >= 0.3 is 0 Å². The van der Waals surface area contributed by atoms with Gasteiger partial charge in [0.25, 0.3) is 5.91 Å². The molecular formula is C19H23ClN4O2. The van der Waals surface area contributed by atoms with E-state index in [0.717, 1.165) is 36.9 Å². The van der Waals surface area contributed by atoms with Crippen molar-refractivity contribution in [3.63, 3.8) is 0 Å². The van der Waals surface area contributed by atoms with Crippen LogP contribution in [0.15, 0.2) is 24.3 Å². The molecule has 0 saturated heterocycles. The van der Waals surface area contributed by atoms with Gasteiger partial charge in [0, 0.05) is 25.2 Å². The summed E-state index contributed by atoms with van der Waals surface area (Å²) < 4.78 is 1.48. The minimum absolute atomic E-state index is 0.0847. The molecule has 3 rings (SSSR count). The highest BCUT2D eigenvalue weighted by Gasteiger charge is 2.22. The van der Waals surface area contributed by atoms with Crippen molar-refractivity contribution < 1.29 is 9.59 Å². The van der Waals surface area contributed by atoms with E-state index in [-0.39, 0.29) is 17.7 Å². The summed E-state index contributed by atoms with van der Waals surface area (Å²) in [5.41, 5.74) is 2.64. The van der Waals surface area contributed by atoms with Crippen LogP contribution < -0.4 is 10.6 Å². The third-order valence-corrected chi connectivity index (χ3v) is 5.19. The monoisotopic (exact) mass is 374 g/mol. The first kappa shape index (κ1) is 18.5. The normalized spacial score (nSPS) is 14.4. The summed E-state index contributed by atoms with van der Waals surface area (Å²) in [6.07, 6.45) is 4.18. The molecule has 138 valence electrons. The Kier molecular flexibility index (Phi) is 5.61. The standard InChI is InChI=1S/C19H23ClN4O2/c1-12-16(17(20)24(2)23-12)19(26)21-11-13-6-5-9-15(10-13)22-18(25)14-7-3-4-8-14/h5-6,9-10,14H,3-4,7-8,11H2,1-2H3,(H,21,26)(H,22,25). The van der Waals surface area contributed by atoms with Gasteiger partial charge in [-0.25, -0.2) is 0 Å². The number of rotatable bonds is 5. The number of nitrogens with one attached hydrogen (secondary N) is 2. The maximum atomic E-state index is 12.4. The Morgan fingerprint density at radius 3 is 2.69 bits per heavy atom. The highest BCUT2D eigenvalue weighted by Crippen LogP contribution is 2.26. The Morgan fingerprint density at radius 1 is 1.31 bits per heavy atom. The van der Waals surface area contributed by atoms with Crippen molar-refractivity contribution in [2.75, 3.05) is 5.32 Å². The lowest BCUT2D eigenvalue weighted by molar-refractivity contribution is -0.119. The Hall–Kier alpha value is -2.34. The van der Waals surface area contributed by atoms with Crippen molar-refractivity contribution in [3.05, 3.63) is 46.2 Å². The van der Waals surface area contributed by atoms with Gasteiger partial charge in [-0.3, -0.25) is 14.3 Å². The Morgan fingerprint density at radius 2 is 2.04 bits per heavy atom. The maximum Gasteiger partial charge on any atom is 0.256 e. The van der Waals surface area contributed by atoms with Crippen molar-refractivity contribution >= 4 is 29.1 Å². The summed E-state index contributed by atoms with van der Waals surface area (Å²) in [6, 6.07) is 7.52. The molecule has 1 aliphatic carbocycles. The second-order valence-electron chi connectivity index (χ2n) is 6.73. The predicted molar refractivity (Wildman–Crippen MR) is 101 cm³/mol. The fourth-order valence-electron chi connectivity index (χ4n) is 3.35. The van der Waals surface area contributed by atoms with Crippen LogP contribution in [0.25, 0.3) is 0 Å². The minimum atomic E-state index is -0.263. The Labute approximate surface area is 157 Å². The van der Waals surface area contributed by atoms with Crippen molar-refractivity contribution in [2.24, 2.45) is 13.0 Å². The largest absolute Gasteiger partial charge is 0.348 e. The number of aromatic nitrogens is 2. The topological polar surface area (TPSA) is 76.0 Å². The summed E-state index contributed by atoms with van der Waals surface area (Å²) in [5.74, 6) is -0.0588. The predicted octanol–water partition coefficient (Wildman–Crippen LogP) is 3.44. The maximum absolute atomic E-state index is 12.4. The number of halogens is 1. The number of carbonyl (C=O) groups excluding carboxylic acids is 2. The van der Waals surface area contributed by atoms with E-state index in [0.29, 0.717) is 23.0 Å². The van der Waals surface area contributed by atoms with Gasteiger partial charge in [0.1, 0.15) is 5.15 Å². The summed E-state index contributed by atoms with van der Waals surface area (Å²) in [6.45, 7) is 2.09. The summed E-state index contributed by atoms with van der Waals surface area (Å²) in [4.78, 5) is 24.6. The lowest BCUT2D eigenvalue weighted by Crippen LogP contribution is -2.24. The fraction of sp³-hybridized carbons (Fsp3) is 0.421. The van der Waals surface area contributed by atoms with Crippen LogP contribution >= 0.6 is 11.6 Å². The molecule has 1 aliphatic rings. The number of hydrogen-bond acceptors (Lipinski definition) is 3. The molecular weight excluding hydrogens is 352 g/mol. The third-order valence-electron chi connectivity index (χ3n) is 4.75. The lowest BCUT2D eigenvalue weighted by atomic mass is 10.1. The molecule has 1 fully saturated rings. The first-order valence-corrected chi connectivity index (χ1v) is 9.20. The molecule has 0 unspecified atom stereocenters. The molecule has 1 aromatic heterocycles. The van der Waals surface area contributed by atoms with Crippen LogP contribution in [0.4, 0.5) is 5.69 Å². The fourth-order valence-corrected chi connectivity index (χ4v) is 3.61. The minimum Gasteiger partial charge on any atom is -0.348 e. The molecule has 1 heterocycles. The van der Waals surface area contributed by atoms with Crippen LogP contribution in [0.3, 0.4) is 0 Å². The molecule has 0 bridgehead atoms. The molecule has 7 heteroatoms. The van der Waals surface area contributed by atoms with Gasteiger partial charge < -0.3 is 10.6 Å². The number of benzene rings is 1. The van der Waals surface area contributed by atoms with E-state index in [2.05, 4.69) is 15.7 Å². The number of carbonyl (C=O) groups is 2. The molecule has 0 spiro atoms. The quantitative estimate of drug-likeness (QED) is 0.841. The van der Waals surface area contributed by atoms with Gasteiger partial charge in [-0.2, -0.15) is 5.10 Å². The van der Waals surface area contributed by atoms with Gasteiger partial charge in [-0.1, -0.05) is 36.6 Å². The average molecular weight is 375 g/mol. The van der Waals surface area contributed by atoms with Gasteiger partial charge in [-0.15, -0.1) is 0 Å². The summed E-state index contributed by atoms with van der Waals surface area (Å²) in [7, 11) is 1.70. The van der Waals surface area contributed by atoms with Gasteiger partial charge in [0.05, 0.1) is 11.3 Å². The second kappa shape index (κ2) is 7.91. The number of nitrogens with zero attached hydrogens (tertiary/aromatic N) is 2. The molecule has 0 aliphatic heterocycles. The van der Waals surface area contributed by atoms with Crippen molar-refractivity contribution in [1.29, 1.82) is 0 Å². The Balaban J connectivity index is 1.61. The van der Waals surface area contributed by atoms with E-state index in [4.69, 9.17) is 11.6 Å². The zero-order valence-electron chi connectivity index (χ0n) is 15.0. The first-order valence-electron chi connectivity index (χ1n) is 8.83. The van der Waals surface area contributed by atoms with Crippen molar-refractivity contribution in [2.45, 2.75) is 39.2 Å². The average Bonchev–Trinajstić information content (AvgIpc) is 3.22. The molecule has 2 aromatic rings. The van der Waals surface area contributed by atoms with Gasteiger partial charge in [0.15, 0.2) is 0 Å². The molecule has 2 amide bonds. The Bertz CT molecular complexity index is 825. The number of hydrogen-bond donors (Lipinski definition) is 2. The van der Waals surface area contributed by atoms with Crippen molar-refractivity contribution in [3.8, 4) is 0 Å². The third kappa shape index (κ3) is 4.07. The van der Waals surface area contributed by atoms with E-state index in [1.54, 1.807) is 14.0 Å². The zero-order chi connectivity index (χ0) is 18.7. The van der Waals surface area contributed by atoms with E-state index in [9.17, 15) is 9.59 Å². The number of amides is 2. The van der Waals surface area contributed by atoms with Crippen LogP contribution in [-0.2, 0) is 18.4 Å². The molecule has 6 nitrogen and oxygen atoms in total. The molecule has 1 aromatic carbocycles. The lowest BCUT2D eigenvalue weighted by Gasteiger charge is -2.12. The van der Waals surface area contributed by atoms with Crippen LogP contribution in [0.5, 0.6) is 0 Å². The second-order valence-corrected chi connectivity index (χ2v) is 7.09. The van der Waals surface area contributed by atoms with E-state index in [1.165, 1.54) is 4.68 Å². The first-order chi connectivity index (χ1) is 12.5.